The van der Waals surface area contributed by atoms with E-state index in [1.165, 1.54) is 47.2 Å². The summed E-state index contributed by atoms with van der Waals surface area (Å²) in [6.07, 6.45) is -2.08. The van der Waals surface area contributed by atoms with E-state index in [2.05, 4.69) is 0 Å². The number of aryl methyl sites for hydroxylation is 1. The highest BCUT2D eigenvalue weighted by molar-refractivity contribution is 7.89. The maximum atomic E-state index is 13.5. The van der Waals surface area contributed by atoms with E-state index in [9.17, 15) is 35.6 Å². The Labute approximate surface area is 220 Å². The summed E-state index contributed by atoms with van der Waals surface area (Å²) in [4.78, 5) is 25.5. The number of fused-ring (bicyclic) bond motifs is 1. The first-order valence-corrected chi connectivity index (χ1v) is 13.5. The van der Waals surface area contributed by atoms with Crippen molar-refractivity contribution in [3.05, 3.63) is 94.2 Å². The van der Waals surface area contributed by atoms with Gasteiger partial charge in [0.15, 0.2) is 5.78 Å². The number of pyridine rings is 1. The SMILES string of the molecule is O=C(CCc1ccc(=O)n(-c2ccc(C(F)(F)F)cc2)c1)[C@@H]1CCCN1S(=O)(=O)c1cc2cc(F)ccc2o1. The highest BCUT2D eigenvalue weighted by Gasteiger charge is 2.40. The van der Waals surface area contributed by atoms with Gasteiger partial charge < -0.3 is 4.42 Å². The normalized spacial score (nSPS) is 16.7. The van der Waals surface area contributed by atoms with E-state index in [1.54, 1.807) is 0 Å². The zero-order valence-electron chi connectivity index (χ0n) is 20.3. The molecule has 0 N–H and O–H groups in total. The van der Waals surface area contributed by atoms with E-state index < -0.39 is 39.2 Å². The van der Waals surface area contributed by atoms with Crippen LogP contribution in [0.3, 0.4) is 0 Å². The lowest BCUT2D eigenvalue weighted by molar-refractivity contribution is -0.137. The molecule has 1 atom stereocenters. The largest absolute Gasteiger partial charge is 0.443 e. The third kappa shape index (κ3) is 5.39. The van der Waals surface area contributed by atoms with Crippen LogP contribution in [0.25, 0.3) is 16.7 Å². The molecule has 1 aliphatic heterocycles. The number of benzene rings is 2. The number of rotatable bonds is 7. The summed E-state index contributed by atoms with van der Waals surface area (Å²) in [5.74, 6) is -0.850. The van der Waals surface area contributed by atoms with Crippen molar-refractivity contribution in [1.29, 1.82) is 0 Å². The second-order valence-electron chi connectivity index (χ2n) is 9.28. The van der Waals surface area contributed by atoms with Crippen LogP contribution in [0, 0.1) is 5.82 Å². The van der Waals surface area contributed by atoms with Crippen molar-refractivity contribution in [3.8, 4) is 5.69 Å². The predicted octanol–water partition coefficient (Wildman–Crippen LogP) is 5.10. The van der Waals surface area contributed by atoms with Crippen molar-refractivity contribution < 1.29 is 35.2 Å². The number of alkyl halides is 3. The molecule has 2 aromatic heterocycles. The molecule has 0 aliphatic carbocycles. The minimum absolute atomic E-state index is 0.0206. The third-order valence-corrected chi connectivity index (χ3v) is 8.46. The van der Waals surface area contributed by atoms with Crippen LogP contribution in [0.4, 0.5) is 17.6 Å². The van der Waals surface area contributed by atoms with Gasteiger partial charge in [-0.3, -0.25) is 14.2 Å². The first-order valence-electron chi connectivity index (χ1n) is 12.1. The number of furan rings is 1. The van der Waals surface area contributed by atoms with Crippen molar-refractivity contribution in [2.45, 2.75) is 43.0 Å². The minimum Gasteiger partial charge on any atom is -0.443 e. The lowest BCUT2D eigenvalue weighted by Gasteiger charge is -2.21. The zero-order valence-corrected chi connectivity index (χ0v) is 21.1. The Kier molecular flexibility index (Phi) is 6.93. The predicted molar refractivity (Wildman–Crippen MR) is 133 cm³/mol. The molecule has 4 aromatic rings. The molecule has 204 valence electrons. The van der Waals surface area contributed by atoms with Gasteiger partial charge >= 0.3 is 6.18 Å². The molecular formula is C27H22F4N2O5S. The van der Waals surface area contributed by atoms with E-state index in [0.29, 0.717) is 23.8 Å². The van der Waals surface area contributed by atoms with E-state index in [4.69, 9.17) is 4.42 Å². The van der Waals surface area contributed by atoms with E-state index in [-0.39, 0.29) is 41.5 Å². The summed E-state index contributed by atoms with van der Waals surface area (Å²) in [7, 11) is -4.16. The number of aromatic nitrogens is 1. The number of hydrogen-bond donors (Lipinski definition) is 0. The molecule has 5 rings (SSSR count). The number of carbonyl (C=O) groups excluding carboxylic acids is 1. The molecule has 1 fully saturated rings. The molecule has 1 aliphatic rings. The molecular weight excluding hydrogens is 540 g/mol. The fourth-order valence-electron chi connectivity index (χ4n) is 4.71. The highest BCUT2D eigenvalue weighted by atomic mass is 32.2. The average Bonchev–Trinajstić information content (AvgIpc) is 3.56. The molecule has 0 unspecified atom stereocenters. The number of ketones is 1. The second kappa shape index (κ2) is 10.1. The van der Waals surface area contributed by atoms with Crippen LogP contribution in [0.15, 0.2) is 81.2 Å². The van der Waals surface area contributed by atoms with Crippen LogP contribution in [-0.2, 0) is 27.4 Å². The van der Waals surface area contributed by atoms with Crippen molar-refractivity contribution in [3.63, 3.8) is 0 Å². The van der Waals surface area contributed by atoms with E-state index in [1.807, 2.05) is 0 Å². The van der Waals surface area contributed by atoms with Crippen LogP contribution >= 0.6 is 0 Å². The molecule has 12 heteroatoms. The van der Waals surface area contributed by atoms with Gasteiger partial charge in [-0.05, 0) is 67.3 Å². The number of Topliss-reactive ketones (excluding diaryl/α,β-unsaturated/α-hetero) is 1. The van der Waals surface area contributed by atoms with Gasteiger partial charge in [0.05, 0.1) is 11.6 Å². The fraction of sp³-hybridized carbons (Fsp3) is 0.259. The molecule has 39 heavy (non-hydrogen) atoms. The topological polar surface area (TPSA) is 89.6 Å². The molecule has 3 heterocycles. The molecule has 7 nitrogen and oxygen atoms in total. The van der Waals surface area contributed by atoms with Gasteiger partial charge in [0.25, 0.3) is 15.6 Å². The molecule has 1 saturated heterocycles. The summed E-state index contributed by atoms with van der Waals surface area (Å²) < 4.78 is 86.4. The number of hydrogen-bond acceptors (Lipinski definition) is 5. The monoisotopic (exact) mass is 562 g/mol. The van der Waals surface area contributed by atoms with Gasteiger partial charge in [-0.25, -0.2) is 12.8 Å². The number of sulfonamides is 1. The van der Waals surface area contributed by atoms with Crippen molar-refractivity contribution in [2.75, 3.05) is 6.54 Å². The van der Waals surface area contributed by atoms with Crippen LogP contribution in [-0.4, -0.2) is 35.7 Å². The number of halogens is 4. The Balaban J connectivity index is 1.31. The molecule has 0 spiro atoms. The average molecular weight is 563 g/mol. The smallest absolute Gasteiger partial charge is 0.416 e. The second-order valence-corrected chi connectivity index (χ2v) is 11.1. The summed E-state index contributed by atoms with van der Waals surface area (Å²) in [6, 6.07) is 10.9. The van der Waals surface area contributed by atoms with Crippen molar-refractivity contribution >= 4 is 26.8 Å². The Morgan fingerprint density at radius 2 is 1.77 bits per heavy atom. The summed E-state index contributed by atoms with van der Waals surface area (Å²) in [5, 5.41) is -0.0785. The molecule has 0 amide bonds. The number of carbonyl (C=O) groups is 1. The lowest BCUT2D eigenvalue weighted by atomic mass is 10.0. The Hall–Kier alpha value is -3.77. The standard InChI is InChI=1S/C27H22F4N2O5S/c28-20-7-11-24-18(14-20)15-26(38-24)39(36,37)33-13-1-2-22(33)23(34)10-3-17-4-12-25(35)32(16-17)21-8-5-19(6-9-21)27(29,30)31/h4-9,11-12,14-16,22H,1-3,10,13H2/t22-/m0/s1. The molecule has 0 bridgehead atoms. The molecule has 0 radical (unpaired) electrons. The summed E-state index contributed by atoms with van der Waals surface area (Å²) in [6.45, 7) is 0.128. The molecule has 0 saturated carbocycles. The highest BCUT2D eigenvalue weighted by Crippen LogP contribution is 2.32. The summed E-state index contributed by atoms with van der Waals surface area (Å²) in [5.41, 5.74) is -0.273. The van der Waals surface area contributed by atoms with E-state index in [0.717, 1.165) is 28.6 Å². The molecule has 2 aromatic carbocycles. The Morgan fingerprint density at radius 3 is 2.49 bits per heavy atom. The third-order valence-electron chi connectivity index (χ3n) is 6.70. The summed E-state index contributed by atoms with van der Waals surface area (Å²) >= 11 is 0. The van der Waals surface area contributed by atoms with Crippen LogP contribution in [0.1, 0.15) is 30.4 Å². The quantitative estimate of drug-likeness (QED) is 0.293. The van der Waals surface area contributed by atoms with Crippen molar-refractivity contribution in [2.24, 2.45) is 0 Å². The fourth-order valence-corrected chi connectivity index (χ4v) is 6.34. The first kappa shape index (κ1) is 26.8. The van der Waals surface area contributed by atoms with Crippen LogP contribution in [0.2, 0.25) is 0 Å². The lowest BCUT2D eigenvalue weighted by Crippen LogP contribution is -2.40. The Morgan fingerprint density at radius 1 is 1.03 bits per heavy atom. The first-order chi connectivity index (χ1) is 18.4. The number of nitrogens with zero attached hydrogens (tertiary/aromatic N) is 2. The Bertz CT molecular complexity index is 1710. The minimum atomic E-state index is -4.50. The maximum Gasteiger partial charge on any atom is 0.416 e. The zero-order chi connectivity index (χ0) is 27.9. The maximum absolute atomic E-state index is 13.5. The van der Waals surface area contributed by atoms with Gasteiger partial charge in [0.1, 0.15) is 11.4 Å². The van der Waals surface area contributed by atoms with Gasteiger partial charge in [0, 0.05) is 42.4 Å². The van der Waals surface area contributed by atoms with Crippen LogP contribution < -0.4 is 5.56 Å². The van der Waals surface area contributed by atoms with Crippen molar-refractivity contribution in [1.82, 2.24) is 8.87 Å². The van der Waals surface area contributed by atoms with E-state index >= 15 is 0 Å². The van der Waals surface area contributed by atoms with Crippen LogP contribution in [0.5, 0.6) is 0 Å². The van der Waals surface area contributed by atoms with Gasteiger partial charge in [-0.1, -0.05) is 6.07 Å². The van der Waals surface area contributed by atoms with Gasteiger partial charge in [-0.15, -0.1) is 0 Å². The van der Waals surface area contributed by atoms with Gasteiger partial charge in [-0.2, -0.15) is 17.5 Å². The van der Waals surface area contributed by atoms with Gasteiger partial charge in [0.2, 0.25) is 5.09 Å².